The minimum atomic E-state index is -0.397. The lowest BCUT2D eigenvalue weighted by Crippen LogP contribution is -2.35. The fourth-order valence-electron chi connectivity index (χ4n) is 1.87. The highest BCUT2D eigenvalue weighted by Crippen LogP contribution is 2.41. The van der Waals surface area contributed by atoms with E-state index in [1.165, 1.54) is 18.4 Å². The number of aryl methyl sites for hydroxylation is 1. The summed E-state index contributed by atoms with van der Waals surface area (Å²) >= 11 is 0. The van der Waals surface area contributed by atoms with Crippen LogP contribution in [0, 0.1) is 24.2 Å². The average Bonchev–Trinajstić information content (AvgIpc) is 3.05. The van der Waals surface area contributed by atoms with Crippen LogP contribution in [0.5, 0.6) is 0 Å². The molecule has 2 nitrogen and oxygen atoms in total. The molecule has 0 spiro atoms. The van der Waals surface area contributed by atoms with Crippen molar-refractivity contribution in [3.63, 3.8) is 0 Å². The number of benzene rings is 1. The lowest BCUT2D eigenvalue weighted by atomic mass is 9.97. The smallest absolute Gasteiger partial charge is 0.125 e. The fraction of sp³-hybridized carbons (Fsp3) is 0.462. The number of nitrogens with zero attached hydrogens (tertiary/aromatic N) is 1. The Morgan fingerprint density at radius 1 is 1.40 bits per heavy atom. The molecule has 2 heteroatoms. The number of hydrogen-bond donors (Lipinski definition) is 1. The van der Waals surface area contributed by atoms with E-state index >= 15 is 0 Å². The molecule has 0 saturated heterocycles. The number of nitrogens with one attached hydrogen (secondary N) is 1. The third-order valence-electron chi connectivity index (χ3n) is 3.17. The summed E-state index contributed by atoms with van der Waals surface area (Å²) < 4.78 is 0. The second-order valence-electron chi connectivity index (χ2n) is 4.53. The molecule has 1 atom stereocenters. The Morgan fingerprint density at radius 2 is 2.07 bits per heavy atom. The Morgan fingerprint density at radius 3 is 2.60 bits per heavy atom. The van der Waals surface area contributed by atoms with E-state index in [-0.39, 0.29) is 0 Å². The van der Waals surface area contributed by atoms with Gasteiger partial charge in [0.1, 0.15) is 5.54 Å². The zero-order valence-electron chi connectivity index (χ0n) is 9.25. The molecular weight excluding hydrogens is 184 g/mol. The van der Waals surface area contributed by atoms with Crippen LogP contribution in [-0.2, 0) is 0 Å². The maximum absolute atomic E-state index is 9.24. The van der Waals surface area contributed by atoms with Crippen molar-refractivity contribution in [2.45, 2.75) is 32.2 Å². The Hall–Kier alpha value is -1.49. The van der Waals surface area contributed by atoms with Crippen LogP contribution >= 0.6 is 0 Å². The van der Waals surface area contributed by atoms with E-state index in [2.05, 4.69) is 24.4 Å². The molecule has 78 valence electrons. The molecule has 0 aliphatic heterocycles. The SMILES string of the molecule is Cc1ccccc1NC(C)(C#N)C1CC1. The Labute approximate surface area is 90.9 Å². The van der Waals surface area contributed by atoms with Crippen molar-refractivity contribution in [3.05, 3.63) is 29.8 Å². The second kappa shape index (κ2) is 3.58. The summed E-state index contributed by atoms with van der Waals surface area (Å²) in [7, 11) is 0. The summed E-state index contributed by atoms with van der Waals surface area (Å²) in [5, 5.41) is 12.6. The van der Waals surface area contributed by atoms with Gasteiger partial charge in [0.25, 0.3) is 0 Å². The van der Waals surface area contributed by atoms with Gasteiger partial charge in [-0.3, -0.25) is 0 Å². The molecule has 1 aliphatic carbocycles. The summed E-state index contributed by atoms with van der Waals surface area (Å²) in [6.07, 6.45) is 2.34. The van der Waals surface area contributed by atoms with E-state index in [9.17, 15) is 5.26 Å². The van der Waals surface area contributed by atoms with Crippen LogP contribution in [0.3, 0.4) is 0 Å². The van der Waals surface area contributed by atoms with Gasteiger partial charge in [0.05, 0.1) is 6.07 Å². The second-order valence-corrected chi connectivity index (χ2v) is 4.53. The first-order chi connectivity index (χ1) is 7.15. The molecule has 1 fully saturated rings. The van der Waals surface area contributed by atoms with Gasteiger partial charge in [-0.2, -0.15) is 5.26 Å². The minimum Gasteiger partial charge on any atom is -0.367 e. The van der Waals surface area contributed by atoms with Gasteiger partial charge in [0.2, 0.25) is 0 Å². The van der Waals surface area contributed by atoms with Crippen LogP contribution in [0.25, 0.3) is 0 Å². The molecule has 1 N–H and O–H groups in total. The molecule has 1 aromatic rings. The Kier molecular flexibility index (Phi) is 2.40. The number of nitriles is 1. The highest BCUT2D eigenvalue weighted by molar-refractivity contribution is 5.54. The number of rotatable bonds is 3. The number of hydrogen-bond acceptors (Lipinski definition) is 2. The van der Waals surface area contributed by atoms with Crippen LogP contribution in [-0.4, -0.2) is 5.54 Å². The normalized spacial score (nSPS) is 19.0. The van der Waals surface area contributed by atoms with Crippen molar-refractivity contribution < 1.29 is 0 Å². The first-order valence-electron chi connectivity index (χ1n) is 5.41. The summed E-state index contributed by atoms with van der Waals surface area (Å²) in [5.41, 5.74) is 1.87. The van der Waals surface area contributed by atoms with Crippen molar-refractivity contribution in [2.24, 2.45) is 5.92 Å². The predicted molar refractivity (Wildman–Crippen MR) is 61.5 cm³/mol. The highest BCUT2D eigenvalue weighted by Gasteiger charge is 2.42. The van der Waals surface area contributed by atoms with Gasteiger partial charge in [-0.05, 0) is 44.2 Å². The molecule has 2 rings (SSSR count). The van der Waals surface area contributed by atoms with Gasteiger partial charge < -0.3 is 5.32 Å². The van der Waals surface area contributed by atoms with E-state index in [1.54, 1.807) is 0 Å². The van der Waals surface area contributed by atoms with Crippen molar-refractivity contribution in [2.75, 3.05) is 5.32 Å². The fourth-order valence-corrected chi connectivity index (χ4v) is 1.87. The van der Waals surface area contributed by atoms with Gasteiger partial charge in [0, 0.05) is 5.69 Å². The van der Waals surface area contributed by atoms with Crippen LogP contribution in [0.2, 0.25) is 0 Å². The van der Waals surface area contributed by atoms with Crippen molar-refractivity contribution >= 4 is 5.69 Å². The van der Waals surface area contributed by atoms with Gasteiger partial charge >= 0.3 is 0 Å². The standard InChI is InChI=1S/C13H16N2/c1-10-5-3-4-6-12(10)15-13(2,9-14)11-7-8-11/h3-6,11,15H,7-8H2,1-2H3. The zero-order chi connectivity index (χ0) is 10.9. The van der Waals surface area contributed by atoms with Gasteiger partial charge in [-0.15, -0.1) is 0 Å². The molecule has 0 heterocycles. The number of anilines is 1. The topological polar surface area (TPSA) is 35.8 Å². The molecule has 0 bridgehead atoms. The van der Waals surface area contributed by atoms with Crippen LogP contribution in [0.1, 0.15) is 25.3 Å². The minimum absolute atomic E-state index is 0.397. The first-order valence-corrected chi connectivity index (χ1v) is 5.41. The molecule has 0 aromatic heterocycles. The third-order valence-corrected chi connectivity index (χ3v) is 3.17. The van der Waals surface area contributed by atoms with Crippen LogP contribution in [0.4, 0.5) is 5.69 Å². The first kappa shape index (κ1) is 10.0. The van der Waals surface area contributed by atoms with Crippen molar-refractivity contribution in [1.29, 1.82) is 5.26 Å². The molecule has 0 radical (unpaired) electrons. The molecule has 1 aromatic carbocycles. The highest BCUT2D eigenvalue weighted by atomic mass is 15.0. The van der Waals surface area contributed by atoms with Gasteiger partial charge in [-0.1, -0.05) is 18.2 Å². The molecule has 0 amide bonds. The van der Waals surface area contributed by atoms with E-state index < -0.39 is 5.54 Å². The van der Waals surface area contributed by atoms with Crippen molar-refractivity contribution in [3.8, 4) is 6.07 Å². The third kappa shape index (κ3) is 1.97. The lowest BCUT2D eigenvalue weighted by Gasteiger charge is -2.25. The van der Waals surface area contributed by atoms with Gasteiger partial charge in [-0.25, -0.2) is 0 Å². The van der Waals surface area contributed by atoms with E-state index in [4.69, 9.17) is 0 Å². The maximum atomic E-state index is 9.24. The molecule has 1 unspecified atom stereocenters. The van der Waals surface area contributed by atoms with Gasteiger partial charge in [0.15, 0.2) is 0 Å². The Balaban J connectivity index is 2.21. The summed E-state index contributed by atoms with van der Waals surface area (Å²) in [4.78, 5) is 0. The monoisotopic (exact) mass is 200 g/mol. The maximum Gasteiger partial charge on any atom is 0.125 e. The molecular formula is C13H16N2. The largest absolute Gasteiger partial charge is 0.367 e. The van der Waals surface area contributed by atoms with E-state index in [0.29, 0.717) is 5.92 Å². The van der Waals surface area contributed by atoms with Crippen LogP contribution in [0.15, 0.2) is 24.3 Å². The van der Waals surface area contributed by atoms with Crippen molar-refractivity contribution in [1.82, 2.24) is 0 Å². The summed E-state index contributed by atoms with van der Waals surface area (Å²) in [5.74, 6) is 0.516. The number of para-hydroxylation sites is 1. The summed E-state index contributed by atoms with van der Waals surface area (Å²) in [6, 6.07) is 10.5. The summed E-state index contributed by atoms with van der Waals surface area (Å²) in [6.45, 7) is 4.06. The van der Waals surface area contributed by atoms with E-state index in [0.717, 1.165) is 5.69 Å². The Bertz CT molecular complexity index is 401. The average molecular weight is 200 g/mol. The lowest BCUT2D eigenvalue weighted by molar-refractivity contribution is 0.566. The zero-order valence-corrected chi connectivity index (χ0v) is 9.25. The molecule has 15 heavy (non-hydrogen) atoms. The molecule has 1 aliphatic rings. The predicted octanol–water partition coefficient (Wildman–Crippen LogP) is 3.10. The quantitative estimate of drug-likeness (QED) is 0.813. The molecule has 1 saturated carbocycles. The van der Waals surface area contributed by atoms with Crippen LogP contribution < -0.4 is 5.32 Å². The van der Waals surface area contributed by atoms with E-state index in [1.807, 2.05) is 25.1 Å².